The quantitative estimate of drug-likeness (QED) is 0.774. The molecule has 3 aromatic rings. The Morgan fingerprint density at radius 1 is 1.35 bits per heavy atom. The number of thiophene rings is 1. The van der Waals surface area contributed by atoms with Crippen LogP contribution in [0.1, 0.15) is 10.7 Å². The van der Waals surface area contributed by atoms with Crippen molar-refractivity contribution in [3.05, 3.63) is 57.3 Å². The van der Waals surface area contributed by atoms with Crippen LogP contribution in [0.3, 0.4) is 0 Å². The molecule has 0 aliphatic heterocycles. The third-order valence-corrected chi connectivity index (χ3v) is 4.61. The van der Waals surface area contributed by atoms with E-state index in [1.54, 1.807) is 17.5 Å². The Balaban J connectivity index is 1.69. The fourth-order valence-electron chi connectivity index (χ4n) is 1.89. The van der Waals surface area contributed by atoms with Crippen LogP contribution in [-0.4, -0.2) is 14.5 Å². The van der Waals surface area contributed by atoms with Gasteiger partial charge in [-0.25, -0.2) is 9.97 Å². The Labute approximate surface area is 129 Å². The number of anilines is 1. The second-order valence-corrected chi connectivity index (χ2v) is 6.25. The van der Waals surface area contributed by atoms with Gasteiger partial charge in [-0.15, -0.1) is 11.3 Å². The van der Waals surface area contributed by atoms with Crippen molar-refractivity contribution >= 4 is 33.0 Å². The SMILES string of the molecule is Cc1nccn1-c1ccc(NCc2cc(Br)cs2)cn1. The summed E-state index contributed by atoms with van der Waals surface area (Å²) >= 11 is 5.19. The Morgan fingerprint density at radius 3 is 2.85 bits per heavy atom. The first-order valence-electron chi connectivity index (χ1n) is 6.15. The van der Waals surface area contributed by atoms with E-state index >= 15 is 0 Å². The lowest BCUT2D eigenvalue weighted by molar-refractivity contribution is 0.932. The smallest absolute Gasteiger partial charge is 0.138 e. The van der Waals surface area contributed by atoms with Gasteiger partial charge in [-0.05, 0) is 41.1 Å². The number of nitrogens with one attached hydrogen (secondary N) is 1. The van der Waals surface area contributed by atoms with Crippen LogP contribution in [0.25, 0.3) is 5.82 Å². The molecule has 1 N–H and O–H groups in total. The molecule has 6 heteroatoms. The van der Waals surface area contributed by atoms with Crippen molar-refractivity contribution in [3.63, 3.8) is 0 Å². The van der Waals surface area contributed by atoms with Gasteiger partial charge in [0, 0.05) is 33.7 Å². The summed E-state index contributed by atoms with van der Waals surface area (Å²) in [5.74, 6) is 1.81. The second-order valence-electron chi connectivity index (χ2n) is 4.33. The van der Waals surface area contributed by atoms with Crippen molar-refractivity contribution in [1.29, 1.82) is 0 Å². The maximum absolute atomic E-state index is 4.45. The van der Waals surface area contributed by atoms with Crippen molar-refractivity contribution in [2.45, 2.75) is 13.5 Å². The second kappa shape index (κ2) is 5.76. The lowest BCUT2D eigenvalue weighted by Gasteiger charge is -2.07. The Kier molecular flexibility index (Phi) is 3.84. The number of nitrogens with zero attached hydrogens (tertiary/aromatic N) is 3. The summed E-state index contributed by atoms with van der Waals surface area (Å²) in [6.45, 7) is 2.77. The van der Waals surface area contributed by atoms with Crippen LogP contribution >= 0.6 is 27.3 Å². The van der Waals surface area contributed by atoms with Crippen molar-refractivity contribution in [1.82, 2.24) is 14.5 Å². The van der Waals surface area contributed by atoms with Gasteiger partial charge in [-0.2, -0.15) is 0 Å². The number of halogens is 1. The van der Waals surface area contributed by atoms with Crippen LogP contribution in [0.4, 0.5) is 5.69 Å². The highest BCUT2D eigenvalue weighted by atomic mass is 79.9. The van der Waals surface area contributed by atoms with E-state index in [0.29, 0.717) is 0 Å². The van der Waals surface area contributed by atoms with Gasteiger partial charge in [0.05, 0.1) is 11.9 Å². The minimum Gasteiger partial charge on any atom is -0.379 e. The van der Waals surface area contributed by atoms with E-state index in [9.17, 15) is 0 Å². The highest BCUT2D eigenvalue weighted by Crippen LogP contribution is 2.21. The van der Waals surface area contributed by atoms with Crippen LogP contribution in [0.5, 0.6) is 0 Å². The van der Waals surface area contributed by atoms with E-state index in [1.165, 1.54) is 4.88 Å². The van der Waals surface area contributed by atoms with Crippen LogP contribution in [0.15, 0.2) is 46.6 Å². The molecule has 0 amide bonds. The first-order chi connectivity index (χ1) is 9.72. The first kappa shape index (κ1) is 13.3. The average Bonchev–Trinajstić information content (AvgIpc) is 3.06. The molecule has 0 radical (unpaired) electrons. The maximum Gasteiger partial charge on any atom is 0.138 e. The fourth-order valence-corrected chi connectivity index (χ4v) is 3.28. The van der Waals surface area contributed by atoms with Gasteiger partial charge in [0.15, 0.2) is 0 Å². The molecule has 3 heterocycles. The molecule has 0 bridgehead atoms. The van der Waals surface area contributed by atoms with Gasteiger partial charge < -0.3 is 5.32 Å². The molecule has 0 fully saturated rings. The van der Waals surface area contributed by atoms with Gasteiger partial charge in [0.1, 0.15) is 11.6 Å². The van der Waals surface area contributed by atoms with E-state index in [-0.39, 0.29) is 0 Å². The van der Waals surface area contributed by atoms with Crippen molar-refractivity contribution in [2.24, 2.45) is 0 Å². The minimum atomic E-state index is 0.807. The Hall–Kier alpha value is -1.66. The summed E-state index contributed by atoms with van der Waals surface area (Å²) in [5.41, 5.74) is 1.01. The Bertz CT molecular complexity index is 702. The predicted octanol–water partition coefficient (Wildman–Crippen LogP) is 4.01. The van der Waals surface area contributed by atoms with E-state index in [0.717, 1.165) is 28.3 Å². The lowest BCUT2D eigenvalue weighted by atomic mass is 10.3. The number of pyridine rings is 1. The van der Waals surface area contributed by atoms with Gasteiger partial charge in [-0.3, -0.25) is 4.57 Å². The monoisotopic (exact) mass is 348 g/mol. The lowest BCUT2D eigenvalue weighted by Crippen LogP contribution is -2.01. The van der Waals surface area contributed by atoms with Crippen molar-refractivity contribution < 1.29 is 0 Å². The van der Waals surface area contributed by atoms with E-state index in [1.807, 2.05) is 36.0 Å². The number of aryl methyl sites for hydroxylation is 1. The Morgan fingerprint density at radius 2 is 2.25 bits per heavy atom. The zero-order valence-electron chi connectivity index (χ0n) is 10.9. The van der Waals surface area contributed by atoms with Crippen molar-refractivity contribution in [2.75, 3.05) is 5.32 Å². The third-order valence-electron chi connectivity index (χ3n) is 2.91. The molecule has 4 nitrogen and oxygen atoms in total. The topological polar surface area (TPSA) is 42.7 Å². The van der Waals surface area contributed by atoms with Crippen LogP contribution < -0.4 is 5.32 Å². The largest absolute Gasteiger partial charge is 0.379 e. The maximum atomic E-state index is 4.45. The van der Waals surface area contributed by atoms with E-state index < -0.39 is 0 Å². The van der Waals surface area contributed by atoms with Crippen LogP contribution in [-0.2, 0) is 6.54 Å². The van der Waals surface area contributed by atoms with Gasteiger partial charge in [-0.1, -0.05) is 0 Å². The molecule has 0 aliphatic rings. The molecule has 102 valence electrons. The molecule has 0 saturated carbocycles. The molecule has 0 aromatic carbocycles. The van der Waals surface area contributed by atoms with Crippen LogP contribution in [0.2, 0.25) is 0 Å². The molecule has 0 aliphatic carbocycles. The summed E-state index contributed by atoms with van der Waals surface area (Å²) < 4.78 is 3.09. The summed E-state index contributed by atoms with van der Waals surface area (Å²) in [6, 6.07) is 6.14. The molecular formula is C14H13BrN4S. The van der Waals surface area contributed by atoms with Crippen molar-refractivity contribution in [3.8, 4) is 5.82 Å². The zero-order valence-corrected chi connectivity index (χ0v) is 13.3. The standard InChI is InChI=1S/C14H13BrN4S/c1-10-16-4-5-19(10)14-3-2-12(7-18-14)17-8-13-6-11(15)9-20-13/h2-7,9,17H,8H2,1H3. The van der Waals surface area contributed by atoms with E-state index in [2.05, 4.69) is 42.7 Å². The zero-order chi connectivity index (χ0) is 13.9. The van der Waals surface area contributed by atoms with Gasteiger partial charge >= 0.3 is 0 Å². The third kappa shape index (κ3) is 2.91. The van der Waals surface area contributed by atoms with Crippen LogP contribution in [0, 0.1) is 6.92 Å². The molecule has 20 heavy (non-hydrogen) atoms. The highest BCUT2D eigenvalue weighted by molar-refractivity contribution is 9.10. The molecule has 3 rings (SSSR count). The number of aromatic nitrogens is 3. The molecule has 0 unspecified atom stereocenters. The van der Waals surface area contributed by atoms with E-state index in [4.69, 9.17) is 0 Å². The first-order valence-corrected chi connectivity index (χ1v) is 7.83. The molecular weight excluding hydrogens is 336 g/mol. The number of hydrogen-bond acceptors (Lipinski definition) is 4. The summed E-state index contributed by atoms with van der Waals surface area (Å²) in [7, 11) is 0. The molecule has 0 spiro atoms. The predicted molar refractivity (Wildman–Crippen MR) is 85.4 cm³/mol. The fraction of sp³-hybridized carbons (Fsp3) is 0.143. The number of imidazole rings is 1. The molecule has 3 aromatic heterocycles. The minimum absolute atomic E-state index is 0.807. The number of rotatable bonds is 4. The molecule has 0 saturated heterocycles. The average molecular weight is 349 g/mol. The summed E-state index contributed by atoms with van der Waals surface area (Å²) in [6.07, 6.45) is 5.53. The molecule has 0 atom stereocenters. The number of hydrogen-bond donors (Lipinski definition) is 1. The summed E-state index contributed by atoms with van der Waals surface area (Å²) in [4.78, 5) is 9.94. The normalized spacial score (nSPS) is 10.7. The van der Waals surface area contributed by atoms with Gasteiger partial charge in [0.25, 0.3) is 0 Å². The summed E-state index contributed by atoms with van der Waals surface area (Å²) in [5, 5.41) is 5.45. The highest BCUT2D eigenvalue weighted by Gasteiger charge is 2.02. The van der Waals surface area contributed by atoms with Gasteiger partial charge in [0.2, 0.25) is 0 Å².